The standard InChI is InChI=1S/C12H15BrFN/c1-8-10(4-5-11(14)12(8)13)9-3-2-6-15-7-9/h4-5,9,15H,2-3,6-7H2,1H3. The van der Waals surface area contributed by atoms with Crippen LogP contribution in [-0.4, -0.2) is 13.1 Å². The lowest BCUT2D eigenvalue weighted by Gasteiger charge is -2.25. The minimum Gasteiger partial charge on any atom is -0.316 e. The predicted octanol–water partition coefficient (Wildman–Crippen LogP) is 3.36. The van der Waals surface area contributed by atoms with Crippen molar-refractivity contribution in [3.63, 3.8) is 0 Å². The van der Waals surface area contributed by atoms with Crippen LogP contribution in [0.4, 0.5) is 4.39 Å². The lowest BCUT2D eigenvalue weighted by molar-refractivity contribution is 0.459. The van der Waals surface area contributed by atoms with E-state index in [1.807, 2.05) is 13.0 Å². The summed E-state index contributed by atoms with van der Waals surface area (Å²) in [6.45, 7) is 4.11. The van der Waals surface area contributed by atoms with Crippen LogP contribution in [0.2, 0.25) is 0 Å². The number of hydrogen-bond donors (Lipinski definition) is 1. The van der Waals surface area contributed by atoms with Gasteiger partial charge in [0.2, 0.25) is 0 Å². The van der Waals surface area contributed by atoms with Gasteiger partial charge in [0.1, 0.15) is 5.82 Å². The van der Waals surface area contributed by atoms with Crippen LogP contribution >= 0.6 is 15.9 Å². The Balaban J connectivity index is 2.31. The SMILES string of the molecule is Cc1c(C2CCCNC2)ccc(F)c1Br. The van der Waals surface area contributed by atoms with Gasteiger partial charge in [-0.25, -0.2) is 4.39 Å². The summed E-state index contributed by atoms with van der Waals surface area (Å²) in [5, 5.41) is 3.39. The van der Waals surface area contributed by atoms with Crippen LogP contribution in [0.3, 0.4) is 0 Å². The number of rotatable bonds is 1. The van der Waals surface area contributed by atoms with Gasteiger partial charge in [-0.2, -0.15) is 0 Å². The summed E-state index contributed by atoms with van der Waals surface area (Å²) < 4.78 is 13.9. The van der Waals surface area contributed by atoms with Crippen molar-refractivity contribution < 1.29 is 4.39 Å². The molecule has 1 aromatic carbocycles. The molecule has 1 heterocycles. The maximum atomic E-state index is 13.3. The molecule has 1 fully saturated rings. The van der Waals surface area contributed by atoms with Crippen LogP contribution in [0.15, 0.2) is 16.6 Å². The maximum absolute atomic E-state index is 13.3. The second kappa shape index (κ2) is 4.62. The zero-order chi connectivity index (χ0) is 10.8. The first-order chi connectivity index (χ1) is 7.20. The van der Waals surface area contributed by atoms with Gasteiger partial charge >= 0.3 is 0 Å². The molecule has 1 atom stereocenters. The van der Waals surface area contributed by atoms with Crippen molar-refractivity contribution in [1.82, 2.24) is 5.32 Å². The molecule has 2 rings (SSSR count). The largest absolute Gasteiger partial charge is 0.316 e. The fourth-order valence-electron chi connectivity index (χ4n) is 2.23. The molecule has 1 aliphatic heterocycles. The third kappa shape index (κ3) is 2.23. The van der Waals surface area contributed by atoms with Gasteiger partial charge in [-0.3, -0.25) is 0 Å². The number of nitrogens with one attached hydrogen (secondary N) is 1. The molecule has 1 N–H and O–H groups in total. The Morgan fingerprint density at radius 2 is 2.27 bits per heavy atom. The number of benzene rings is 1. The first kappa shape index (κ1) is 11.1. The Morgan fingerprint density at radius 3 is 2.93 bits per heavy atom. The van der Waals surface area contributed by atoms with Crippen molar-refractivity contribution in [3.8, 4) is 0 Å². The molecule has 82 valence electrons. The van der Waals surface area contributed by atoms with E-state index in [0.717, 1.165) is 18.7 Å². The van der Waals surface area contributed by atoms with E-state index < -0.39 is 0 Å². The molecule has 15 heavy (non-hydrogen) atoms. The lowest BCUT2D eigenvalue weighted by Crippen LogP contribution is -2.28. The van der Waals surface area contributed by atoms with E-state index in [1.165, 1.54) is 18.4 Å². The third-order valence-electron chi connectivity index (χ3n) is 3.12. The van der Waals surface area contributed by atoms with Crippen molar-refractivity contribution in [2.24, 2.45) is 0 Å². The number of hydrogen-bond acceptors (Lipinski definition) is 1. The van der Waals surface area contributed by atoms with Crippen molar-refractivity contribution in [3.05, 3.63) is 33.5 Å². The van der Waals surface area contributed by atoms with E-state index in [2.05, 4.69) is 21.2 Å². The highest BCUT2D eigenvalue weighted by Gasteiger charge is 2.18. The van der Waals surface area contributed by atoms with E-state index in [-0.39, 0.29) is 5.82 Å². The van der Waals surface area contributed by atoms with Gasteiger partial charge in [-0.15, -0.1) is 0 Å². The smallest absolute Gasteiger partial charge is 0.137 e. The molecular formula is C12H15BrFN. The summed E-state index contributed by atoms with van der Waals surface area (Å²) >= 11 is 3.30. The van der Waals surface area contributed by atoms with Crippen LogP contribution in [0.1, 0.15) is 29.9 Å². The molecule has 0 radical (unpaired) electrons. The topological polar surface area (TPSA) is 12.0 Å². The normalized spacial score (nSPS) is 21.7. The van der Waals surface area contributed by atoms with Gasteiger partial charge in [0.05, 0.1) is 4.47 Å². The summed E-state index contributed by atoms with van der Waals surface area (Å²) in [5.41, 5.74) is 2.32. The highest BCUT2D eigenvalue weighted by molar-refractivity contribution is 9.10. The van der Waals surface area contributed by atoms with Crippen LogP contribution in [0, 0.1) is 12.7 Å². The maximum Gasteiger partial charge on any atom is 0.137 e. The van der Waals surface area contributed by atoms with Gasteiger partial charge < -0.3 is 5.32 Å². The molecule has 0 aliphatic carbocycles. The Bertz CT molecular complexity index is 359. The van der Waals surface area contributed by atoms with Crippen molar-refractivity contribution in [2.75, 3.05) is 13.1 Å². The summed E-state index contributed by atoms with van der Waals surface area (Å²) in [6, 6.07) is 3.48. The van der Waals surface area contributed by atoms with Gasteiger partial charge in [-0.1, -0.05) is 6.07 Å². The zero-order valence-electron chi connectivity index (χ0n) is 8.82. The quantitative estimate of drug-likeness (QED) is 0.826. The molecule has 3 heteroatoms. The molecule has 1 saturated heterocycles. The first-order valence-electron chi connectivity index (χ1n) is 5.35. The van der Waals surface area contributed by atoms with E-state index in [0.29, 0.717) is 10.4 Å². The molecule has 0 spiro atoms. The van der Waals surface area contributed by atoms with E-state index >= 15 is 0 Å². The third-order valence-corrected chi connectivity index (χ3v) is 4.09. The second-order valence-electron chi connectivity index (χ2n) is 4.12. The number of halogens is 2. The van der Waals surface area contributed by atoms with E-state index in [1.54, 1.807) is 6.07 Å². The zero-order valence-corrected chi connectivity index (χ0v) is 10.4. The summed E-state index contributed by atoms with van der Waals surface area (Å²) in [6.07, 6.45) is 2.41. The Morgan fingerprint density at radius 1 is 1.47 bits per heavy atom. The fraction of sp³-hybridized carbons (Fsp3) is 0.500. The molecule has 0 amide bonds. The lowest BCUT2D eigenvalue weighted by atomic mass is 9.89. The fourth-order valence-corrected chi connectivity index (χ4v) is 2.59. The highest BCUT2D eigenvalue weighted by atomic mass is 79.9. The Hall–Kier alpha value is -0.410. The van der Waals surface area contributed by atoms with Crippen molar-refractivity contribution in [1.29, 1.82) is 0 Å². The second-order valence-corrected chi connectivity index (χ2v) is 4.91. The monoisotopic (exact) mass is 271 g/mol. The van der Waals surface area contributed by atoms with Crippen LogP contribution in [0.5, 0.6) is 0 Å². The molecule has 0 aromatic heterocycles. The van der Waals surface area contributed by atoms with Gasteiger partial charge in [0, 0.05) is 6.54 Å². The number of piperidine rings is 1. The molecule has 0 saturated carbocycles. The highest BCUT2D eigenvalue weighted by Crippen LogP contribution is 2.31. The Kier molecular flexibility index (Phi) is 3.42. The summed E-state index contributed by atoms with van der Waals surface area (Å²) in [5.74, 6) is 0.371. The van der Waals surface area contributed by atoms with Gasteiger partial charge in [-0.05, 0) is 65.4 Å². The van der Waals surface area contributed by atoms with Gasteiger partial charge in [0.15, 0.2) is 0 Å². The van der Waals surface area contributed by atoms with Crippen LogP contribution in [0.25, 0.3) is 0 Å². The first-order valence-corrected chi connectivity index (χ1v) is 6.14. The predicted molar refractivity (Wildman–Crippen MR) is 63.7 cm³/mol. The Labute approximate surface area is 98.2 Å². The summed E-state index contributed by atoms with van der Waals surface area (Å²) in [7, 11) is 0. The van der Waals surface area contributed by atoms with Crippen molar-refractivity contribution in [2.45, 2.75) is 25.7 Å². The molecule has 1 aromatic rings. The average molecular weight is 272 g/mol. The van der Waals surface area contributed by atoms with Crippen LogP contribution in [-0.2, 0) is 0 Å². The van der Waals surface area contributed by atoms with E-state index in [9.17, 15) is 4.39 Å². The molecular weight excluding hydrogens is 257 g/mol. The van der Waals surface area contributed by atoms with Crippen molar-refractivity contribution >= 4 is 15.9 Å². The molecule has 0 bridgehead atoms. The molecule has 1 aliphatic rings. The molecule has 1 unspecified atom stereocenters. The summed E-state index contributed by atoms with van der Waals surface area (Å²) in [4.78, 5) is 0. The van der Waals surface area contributed by atoms with Gasteiger partial charge in [0.25, 0.3) is 0 Å². The van der Waals surface area contributed by atoms with E-state index in [4.69, 9.17) is 0 Å². The minimum atomic E-state index is -0.167. The minimum absolute atomic E-state index is 0.167. The molecule has 1 nitrogen and oxygen atoms in total. The van der Waals surface area contributed by atoms with Crippen LogP contribution < -0.4 is 5.32 Å². The average Bonchev–Trinajstić information content (AvgIpc) is 2.27.